The first-order valence-electron chi connectivity index (χ1n) is 7.59. The van der Waals surface area contributed by atoms with Crippen LogP contribution in [0.15, 0.2) is 47.0 Å². The van der Waals surface area contributed by atoms with Crippen LogP contribution in [0.5, 0.6) is 0 Å². The molecule has 1 aromatic carbocycles. The first-order valence-corrected chi connectivity index (χ1v) is 7.59. The van der Waals surface area contributed by atoms with Crippen LogP contribution in [0.25, 0.3) is 0 Å². The molecular formula is C17H24IN3. The molecule has 0 saturated carbocycles. The number of hydrogen-bond acceptors (Lipinski definition) is 3. The van der Waals surface area contributed by atoms with Gasteiger partial charge in [0.2, 0.25) is 0 Å². The van der Waals surface area contributed by atoms with E-state index in [1.54, 1.807) is 0 Å². The summed E-state index contributed by atoms with van der Waals surface area (Å²) in [6.45, 7) is 3.12. The third-order valence-electron chi connectivity index (χ3n) is 4.18. The zero-order valence-corrected chi connectivity index (χ0v) is 14.8. The van der Waals surface area contributed by atoms with Gasteiger partial charge in [-0.1, -0.05) is 42.0 Å². The van der Waals surface area contributed by atoms with Crippen LogP contribution in [0, 0.1) is 0 Å². The maximum atomic E-state index is 4.59. The minimum Gasteiger partial charge on any atom is -0.353 e. The Morgan fingerprint density at radius 1 is 1.19 bits per heavy atom. The molecule has 0 fully saturated rings. The number of halogens is 1. The normalized spacial score (nSPS) is 25.0. The molecule has 21 heavy (non-hydrogen) atoms. The van der Waals surface area contributed by atoms with Crippen LogP contribution in [0.4, 0.5) is 0 Å². The van der Waals surface area contributed by atoms with Crippen LogP contribution >= 0.6 is 24.0 Å². The van der Waals surface area contributed by atoms with Crippen molar-refractivity contribution in [1.29, 1.82) is 0 Å². The number of rotatable bonds is 2. The van der Waals surface area contributed by atoms with Crippen molar-refractivity contribution < 1.29 is 0 Å². The lowest BCUT2D eigenvalue weighted by Crippen LogP contribution is -2.47. The van der Waals surface area contributed by atoms with Gasteiger partial charge in [0.15, 0.2) is 5.96 Å². The van der Waals surface area contributed by atoms with Gasteiger partial charge in [0.25, 0.3) is 0 Å². The van der Waals surface area contributed by atoms with Gasteiger partial charge < -0.3 is 10.6 Å². The molecule has 0 amide bonds. The summed E-state index contributed by atoms with van der Waals surface area (Å²) in [7, 11) is 0. The maximum absolute atomic E-state index is 4.59. The number of benzene rings is 1. The lowest BCUT2D eigenvalue weighted by Gasteiger charge is -2.29. The van der Waals surface area contributed by atoms with Crippen molar-refractivity contribution in [1.82, 2.24) is 10.6 Å². The van der Waals surface area contributed by atoms with Gasteiger partial charge in [-0.2, -0.15) is 0 Å². The van der Waals surface area contributed by atoms with Crippen molar-refractivity contribution in [3.8, 4) is 0 Å². The number of guanidine groups is 1. The van der Waals surface area contributed by atoms with Crippen LogP contribution < -0.4 is 10.6 Å². The van der Waals surface area contributed by atoms with Crippen molar-refractivity contribution in [3.63, 3.8) is 0 Å². The van der Waals surface area contributed by atoms with E-state index in [4.69, 9.17) is 0 Å². The minimum absolute atomic E-state index is 0. The number of hydrogen-bond donors (Lipinski definition) is 2. The first-order chi connectivity index (χ1) is 9.81. The molecule has 3 rings (SSSR count). The highest BCUT2D eigenvalue weighted by atomic mass is 127. The lowest BCUT2D eigenvalue weighted by atomic mass is 9.96. The van der Waals surface area contributed by atoms with E-state index < -0.39 is 0 Å². The fourth-order valence-corrected chi connectivity index (χ4v) is 2.90. The van der Waals surface area contributed by atoms with Gasteiger partial charge in [-0.3, -0.25) is 4.99 Å². The molecule has 0 bridgehead atoms. The number of nitrogens with one attached hydrogen (secondary N) is 2. The molecule has 2 aliphatic rings. The van der Waals surface area contributed by atoms with Gasteiger partial charge >= 0.3 is 0 Å². The monoisotopic (exact) mass is 397 g/mol. The fourth-order valence-electron chi connectivity index (χ4n) is 2.90. The van der Waals surface area contributed by atoms with E-state index >= 15 is 0 Å². The molecule has 1 heterocycles. The second-order valence-electron chi connectivity index (χ2n) is 5.79. The number of allylic oxidation sites excluding steroid dienone is 1. The Bertz CT molecular complexity index is 510. The lowest BCUT2D eigenvalue weighted by molar-refractivity contribution is 0.500. The van der Waals surface area contributed by atoms with Crippen molar-refractivity contribution >= 4 is 29.9 Å². The van der Waals surface area contributed by atoms with Crippen LogP contribution in [-0.4, -0.2) is 18.5 Å². The van der Waals surface area contributed by atoms with Crippen LogP contribution in [0.1, 0.15) is 44.2 Å². The van der Waals surface area contributed by atoms with Crippen molar-refractivity contribution in [2.24, 2.45) is 4.99 Å². The summed E-state index contributed by atoms with van der Waals surface area (Å²) >= 11 is 0. The summed E-state index contributed by atoms with van der Waals surface area (Å²) in [6, 6.07) is 11.6. The predicted molar refractivity (Wildman–Crippen MR) is 99.2 cm³/mol. The summed E-state index contributed by atoms with van der Waals surface area (Å²) in [5.74, 6) is 0.975. The molecule has 0 spiro atoms. The summed E-state index contributed by atoms with van der Waals surface area (Å²) in [4.78, 5) is 4.59. The van der Waals surface area contributed by atoms with E-state index in [9.17, 15) is 0 Å². The van der Waals surface area contributed by atoms with Crippen molar-refractivity contribution in [2.75, 3.05) is 6.54 Å². The summed E-state index contributed by atoms with van der Waals surface area (Å²) in [5, 5.41) is 7.12. The molecule has 0 radical (unpaired) electrons. The molecule has 1 aliphatic heterocycles. The molecule has 114 valence electrons. The largest absolute Gasteiger partial charge is 0.353 e. The van der Waals surface area contributed by atoms with Crippen LogP contribution in [-0.2, 0) is 0 Å². The van der Waals surface area contributed by atoms with Gasteiger partial charge in [0.05, 0.1) is 6.04 Å². The van der Waals surface area contributed by atoms with Gasteiger partial charge in [-0.15, -0.1) is 24.0 Å². The molecule has 2 atom stereocenters. The second kappa shape index (κ2) is 7.82. The zero-order chi connectivity index (χ0) is 13.8. The Balaban J connectivity index is 0.00000161. The standard InChI is InChI=1S/C17H23N3.HI/c1-13-7-9-15(10-8-13)19-17-18-12-11-16(20-17)14-5-3-2-4-6-14;/h2-7,15-16H,8-12H2,1H3,(H2,18,19,20);1H/t15-,16?;/m0./s1. The van der Waals surface area contributed by atoms with Crippen LogP contribution in [0.2, 0.25) is 0 Å². The summed E-state index contributed by atoms with van der Waals surface area (Å²) in [6.07, 6.45) is 6.94. The highest BCUT2D eigenvalue weighted by molar-refractivity contribution is 14.0. The summed E-state index contributed by atoms with van der Waals surface area (Å²) in [5.41, 5.74) is 2.87. The van der Waals surface area contributed by atoms with Gasteiger partial charge in [0, 0.05) is 12.6 Å². The summed E-state index contributed by atoms with van der Waals surface area (Å²) < 4.78 is 0. The topological polar surface area (TPSA) is 36.4 Å². The smallest absolute Gasteiger partial charge is 0.191 e. The van der Waals surface area contributed by atoms with Gasteiger partial charge in [-0.05, 0) is 38.2 Å². The van der Waals surface area contributed by atoms with Gasteiger partial charge in [-0.25, -0.2) is 0 Å². The van der Waals surface area contributed by atoms with E-state index in [-0.39, 0.29) is 24.0 Å². The Morgan fingerprint density at radius 2 is 2.00 bits per heavy atom. The SMILES string of the molecule is CC1=CC[C@H](NC2=NCCC(c3ccccc3)N2)CC1.I. The zero-order valence-electron chi connectivity index (χ0n) is 12.5. The number of nitrogens with zero attached hydrogens (tertiary/aromatic N) is 1. The molecule has 1 aromatic rings. The van der Waals surface area contributed by atoms with Gasteiger partial charge in [0.1, 0.15) is 0 Å². The van der Waals surface area contributed by atoms with E-state index in [0.717, 1.165) is 25.3 Å². The molecule has 3 nitrogen and oxygen atoms in total. The Kier molecular flexibility index (Phi) is 6.08. The third-order valence-corrected chi connectivity index (χ3v) is 4.18. The molecular weight excluding hydrogens is 373 g/mol. The minimum atomic E-state index is 0. The first kappa shape index (κ1) is 16.3. The molecule has 0 aromatic heterocycles. The quantitative estimate of drug-likeness (QED) is 0.589. The average molecular weight is 397 g/mol. The molecule has 2 N–H and O–H groups in total. The number of aliphatic imine (C=N–C) groups is 1. The Hall–Kier alpha value is -1.04. The average Bonchev–Trinajstić information content (AvgIpc) is 2.51. The molecule has 1 aliphatic carbocycles. The predicted octanol–water partition coefficient (Wildman–Crippen LogP) is 3.78. The molecule has 0 saturated heterocycles. The Labute approximate surface area is 144 Å². The molecule has 4 heteroatoms. The second-order valence-corrected chi connectivity index (χ2v) is 5.79. The third kappa shape index (κ3) is 4.46. The Morgan fingerprint density at radius 3 is 2.71 bits per heavy atom. The maximum Gasteiger partial charge on any atom is 0.191 e. The van der Waals surface area contributed by atoms with Crippen molar-refractivity contribution in [2.45, 2.75) is 44.7 Å². The van der Waals surface area contributed by atoms with E-state index in [1.165, 1.54) is 24.0 Å². The highest BCUT2D eigenvalue weighted by Gasteiger charge is 2.20. The molecule has 1 unspecified atom stereocenters. The van der Waals surface area contributed by atoms with E-state index in [1.807, 2.05) is 0 Å². The van der Waals surface area contributed by atoms with Crippen molar-refractivity contribution in [3.05, 3.63) is 47.5 Å². The van der Waals surface area contributed by atoms with E-state index in [0.29, 0.717) is 12.1 Å². The van der Waals surface area contributed by atoms with Crippen LogP contribution in [0.3, 0.4) is 0 Å². The fraction of sp³-hybridized carbons (Fsp3) is 0.471. The van der Waals surface area contributed by atoms with E-state index in [2.05, 4.69) is 59.0 Å². The highest BCUT2D eigenvalue weighted by Crippen LogP contribution is 2.20.